The van der Waals surface area contributed by atoms with Crippen molar-refractivity contribution < 1.29 is 42.1 Å². The highest BCUT2D eigenvalue weighted by molar-refractivity contribution is 7.47. The van der Waals surface area contributed by atoms with E-state index in [-0.39, 0.29) is 32.0 Å². The maximum atomic E-state index is 12.6. The van der Waals surface area contributed by atoms with Crippen molar-refractivity contribution in [1.29, 1.82) is 0 Å². The number of carbonyl (C=O) groups excluding carboxylic acids is 2. The smallest absolute Gasteiger partial charge is 0.462 e. The minimum atomic E-state index is -4.38. The van der Waals surface area contributed by atoms with Crippen LogP contribution in [-0.2, 0) is 32.7 Å². The number of likely N-dealkylation sites (N-methyl/N-ethyl adjacent to an activating group) is 1. The van der Waals surface area contributed by atoms with Gasteiger partial charge < -0.3 is 18.9 Å². The van der Waals surface area contributed by atoms with Gasteiger partial charge in [-0.3, -0.25) is 18.6 Å². The quantitative estimate of drug-likeness (QED) is 0.0216. The summed E-state index contributed by atoms with van der Waals surface area (Å²) in [5.41, 5.74) is 0. The molecular weight excluding hydrogens is 689 g/mol. The average Bonchev–Trinajstić information content (AvgIpc) is 3.10. The summed E-state index contributed by atoms with van der Waals surface area (Å²) >= 11 is 0. The average molecular weight is 773 g/mol. The lowest BCUT2D eigenvalue weighted by Gasteiger charge is -2.24. The van der Waals surface area contributed by atoms with Crippen molar-refractivity contribution >= 4 is 19.8 Å². The van der Waals surface area contributed by atoms with Crippen LogP contribution in [0.2, 0.25) is 0 Å². The van der Waals surface area contributed by atoms with Crippen LogP contribution in [0.5, 0.6) is 0 Å². The number of ether oxygens (including phenoxy) is 2. The van der Waals surface area contributed by atoms with E-state index < -0.39 is 26.5 Å². The van der Waals surface area contributed by atoms with Crippen LogP contribution in [0.3, 0.4) is 0 Å². The molecule has 1 unspecified atom stereocenters. The lowest BCUT2D eigenvalue weighted by Crippen LogP contribution is -2.37. The Balaban J connectivity index is 4.43. The van der Waals surface area contributed by atoms with Crippen LogP contribution in [0.25, 0.3) is 0 Å². The van der Waals surface area contributed by atoms with Gasteiger partial charge in [-0.25, -0.2) is 4.57 Å². The Morgan fingerprint density at radius 2 is 1.04 bits per heavy atom. The monoisotopic (exact) mass is 773 g/mol. The first-order valence-electron chi connectivity index (χ1n) is 21.6. The number of phosphoric ester groups is 1. The highest BCUT2D eigenvalue weighted by Crippen LogP contribution is 2.43. The molecule has 0 aromatic heterocycles. The van der Waals surface area contributed by atoms with Crippen LogP contribution in [0.4, 0.5) is 0 Å². The van der Waals surface area contributed by atoms with E-state index in [1.54, 1.807) is 0 Å². The molecule has 0 rings (SSSR count). The lowest BCUT2D eigenvalue weighted by molar-refractivity contribution is -0.870. The molecule has 0 heterocycles. The normalized spacial score (nSPS) is 13.8. The summed E-state index contributed by atoms with van der Waals surface area (Å²) in [5.74, 6) is -0.847. The molecule has 312 valence electrons. The van der Waals surface area contributed by atoms with Crippen molar-refractivity contribution in [3.63, 3.8) is 0 Å². The summed E-state index contributed by atoms with van der Waals surface area (Å²) in [6.45, 7) is 4.38. The first-order valence-corrected chi connectivity index (χ1v) is 23.1. The van der Waals surface area contributed by atoms with Crippen molar-refractivity contribution in [2.24, 2.45) is 0 Å². The molecule has 0 bridgehead atoms. The van der Waals surface area contributed by atoms with Gasteiger partial charge in [0.25, 0.3) is 0 Å². The Kier molecular flexibility index (Phi) is 35.1. The zero-order chi connectivity index (χ0) is 39.3. The Labute approximate surface area is 326 Å². The molecule has 0 aromatic carbocycles. The number of hydrogen-bond donors (Lipinski definition) is 1. The fourth-order valence-electron chi connectivity index (χ4n) is 5.82. The van der Waals surface area contributed by atoms with Gasteiger partial charge in [-0.05, 0) is 38.5 Å². The summed E-state index contributed by atoms with van der Waals surface area (Å²) in [7, 11) is 1.46. The van der Waals surface area contributed by atoms with E-state index in [0.29, 0.717) is 17.4 Å². The molecular formula is C43H83NO8P+. The van der Waals surface area contributed by atoms with Gasteiger partial charge in [-0.15, -0.1) is 0 Å². The van der Waals surface area contributed by atoms with Crippen molar-refractivity contribution in [2.45, 2.75) is 193 Å². The Morgan fingerprint density at radius 1 is 0.585 bits per heavy atom. The molecule has 0 saturated carbocycles. The molecule has 9 nitrogen and oxygen atoms in total. The van der Waals surface area contributed by atoms with E-state index in [1.807, 2.05) is 21.1 Å². The summed E-state index contributed by atoms with van der Waals surface area (Å²) in [4.78, 5) is 35.3. The number of allylic oxidation sites excluding steroid dienone is 4. The first kappa shape index (κ1) is 51.5. The van der Waals surface area contributed by atoms with Crippen LogP contribution < -0.4 is 0 Å². The molecule has 0 saturated heterocycles. The highest BCUT2D eigenvalue weighted by Gasteiger charge is 2.27. The molecule has 0 aromatic rings. The van der Waals surface area contributed by atoms with E-state index in [0.717, 1.165) is 38.5 Å². The Hall–Kier alpha value is -1.51. The van der Waals surface area contributed by atoms with Gasteiger partial charge in [0, 0.05) is 12.8 Å². The third-order valence-electron chi connectivity index (χ3n) is 9.23. The predicted molar refractivity (Wildman–Crippen MR) is 220 cm³/mol. The fourth-order valence-corrected chi connectivity index (χ4v) is 6.56. The molecule has 0 aliphatic rings. The van der Waals surface area contributed by atoms with E-state index in [1.165, 1.54) is 116 Å². The number of carbonyl (C=O) groups is 2. The van der Waals surface area contributed by atoms with Gasteiger partial charge in [-0.2, -0.15) is 0 Å². The SMILES string of the molecule is CCCCCCCCCCC/C=C/C/C=C/CCCC(=O)O[C@H](COC(=O)CCCCCCCCCCCCCC)COP(=O)(O)OCC[N+](C)(C)C. The number of quaternary nitrogens is 1. The van der Waals surface area contributed by atoms with Gasteiger partial charge in [0.15, 0.2) is 6.10 Å². The first-order chi connectivity index (χ1) is 25.5. The number of esters is 2. The van der Waals surface area contributed by atoms with Gasteiger partial charge in [0.05, 0.1) is 27.7 Å². The summed E-state index contributed by atoms with van der Waals surface area (Å²) in [6, 6.07) is 0. The maximum absolute atomic E-state index is 12.6. The second kappa shape index (κ2) is 36.1. The zero-order valence-corrected chi connectivity index (χ0v) is 35.9. The second-order valence-corrected chi connectivity index (χ2v) is 17.2. The minimum Gasteiger partial charge on any atom is -0.462 e. The van der Waals surface area contributed by atoms with Crippen LogP contribution in [0, 0.1) is 0 Å². The molecule has 10 heteroatoms. The number of hydrogen-bond acceptors (Lipinski definition) is 7. The van der Waals surface area contributed by atoms with Crippen LogP contribution in [-0.4, -0.2) is 74.9 Å². The lowest BCUT2D eigenvalue weighted by atomic mass is 10.0. The molecule has 0 fully saturated rings. The third-order valence-corrected chi connectivity index (χ3v) is 10.2. The van der Waals surface area contributed by atoms with E-state index in [2.05, 4.69) is 38.2 Å². The molecule has 0 spiro atoms. The fraction of sp³-hybridized carbons (Fsp3) is 0.860. The maximum Gasteiger partial charge on any atom is 0.472 e. The molecule has 53 heavy (non-hydrogen) atoms. The number of phosphoric acid groups is 1. The van der Waals surface area contributed by atoms with Gasteiger partial charge in [0.1, 0.15) is 19.8 Å². The third kappa shape index (κ3) is 40.0. The standard InChI is InChI=1S/C43H82NO8P/c1-6-8-10-12-14-16-18-20-21-22-23-24-26-28-30-32-34-36-43(46)52-41(40-51-53(47,48)50-38-37-44(3,4)5)39-49-42(45)35-33-31-29-27-25-19-17-15-13-11-9-7-2/h23-24,28,30,41H,6-22,25-27,29,31-40H2,1-5H3/p+1/b24-23+,30-28+/t41-/m1/s1. The summed E-state index contributed by atoms with van der Waals surface area (Å²) < 4.78 is 34.2. The van der Waals surface area contributed by atoms with Crippen molar-refractivity contribution in [1.82, 2.24) is 0 Å². The molecule has 2 atom stereocenters. The van der Waals surface area contributed by atoms with E-state index in [4.69, 9.17) is 18.5 Å². The van der Waals surface area contributed by atoms with E-state index in [9.17, 15) is 19.0 Å². The summed E-state index contributed by atoms with van der Waals surface area (Å²) in [6.07, 6.45) is 38.0. The van der Waals surface area contributed by atoms with Crippen molar-refractivity contribution in [3.05, 3.63) is 24.3 Å². The minimum absolute atomic E-state index is 0.0262. The topological polar surface area (TPSA) is 108 Å². The number of rotatable bonds is 39. The Morgan fingerprint density at radius 3 is 1.55 bits per heavy atom. The molecule has 1 N–H and O–H groups in total. The zero-order valence-electron chi connectivity index (χ0n) is 35.0. The molecule has 0 amide bonds. The van der Waals surface area contributed by atoms with E-state index >= 15 is 0 Å². The van der Waals surface area contributed by atoms with Gasteiger partial charge >= 0.3 is 19.8 Å². The van der Waals surface area contributed by atoms with Crippen molar-refractivity contribution in [3.8, 4) is 0 Å². The highest BCUT2D eigenvalue weighted by atomic mass is 31.2. The number of nitrogens with zero attached hydrogens (tertiary/aromatic N) is 1. The second-order valence-electron chi connectivity index (χ2n) is 15.7. The largest absolute Gasteiger partial charge is 0.472 e. The van der Waals surface area contributed by atoms with Gasteiger partial charge in [0.2, 0.25) is 0 Å². The van der Waals surface area contributed by atoms with Crippen LogP contribution in [0.15, 0.2) is 24.3 Å². The summed E-state index contributed by atoms with van der Waals surface area (Å²) in [5, 5.41) is 0. The Bertz CT molecular complexity index is 964. The number of unbranched alkanes of at least 4 members (excludes halogenated alkanes) is 21. The van der Waals surface area contributed by atoms with Crippen LogP contribution >= 0.6 is 7.82 Å². The van der Waals surface area contributed by atoms with Gasteiger partial charge in [-0.1, -0.05) is 160 Å². The predicted octanol–water partition coefficient (Wildman–Crippen LogP) is 12.0. The molecule has 0 aliphatic heterocycles. The molecule has 0 radical (unpaired) electrons. The molecule has 0 aliphatic carbocycles. The van der Waals surface area contributed by atoms with Crippen LogP contribution in [0.1, 0.15) is 187 Å². The van der Waals surface area contributed by atoms with Crippen molar-refractivity contribution in [2.75, 3.05) is 47.5 Å².